The molecule has 148 valence electrons. The number of esters is 1. The summed E-state index contributed by atoms with van der Waals surface area (Å²) in [4.78, 5) is 38.3. The molecule has 2 amide bonds. The van der Waals surface area contributed by atoms with Gasteiger partial charge in [-0.1, -0.05) is 32.9 Å². The molecule has 0 atom stereocenters. The molecule has 1 N–H and O–H groups in total. The van der Waals surface area contributed by atoms with Crippen LogP contribution in [-0.2, 0) is 14.3 Å². The SMILES string of the molecule is CC(C)(C)CC(C)(C)NC(=O)COC(=O)c1ccccc1N1CCCC1=O. The van der Waals surface area contributed by atoms with E-state index in [4.69, 9.17) is 4.74 Å². The van der Waals surface area contributed by atoms with Crippen molar-refractivity contribution in [3.8, 4) is 0 Å². The molecule has 0 spiro atoms. The maximum atomic E-state index is 12.5. The van der Waals surface area contributed by atoms with Crippen molar-refractivity contribution in [2.45, 2.75) is 59.4 Å². The number of ether oxygens (including phenoxy) is 1. The fourth-order valence-electron chi connectivity index (χ4n) is 3.78. The minimum absolute atomic E-state index is 0.00285. The molecule has 1 aromatic rings. The first-order valence-corrected chi connectivity index (χ1v) is 9.36. The molecule has 0 radical (unpaired) electrons. The van der Waals surface area contributed by atoms with Crippen LogP contribution in [0.2, 0.25) is 0 Å². The van der Waals surface area contributed by atoms with Crippen molar-refractivity contribution in [2.24, 2.45) is 5.41 Å². The molecule has 1 aliphatic heterocycles. The fourth-order valence-corrected chi connectivity index (χ4v) is 3.78. The molecule has 1 heterocycles. The minimum atomic E-state index is -0.603. The second-order valence-corrected chi connectivity index (χ2v) is 8.91. The summed E-state index contributed by atoms with van der Waals surface area (Å²) in [6, 6.07) is 6.84. The molecule has 1 fully saturated rings. The number of amides is 2. The van der Waals surface area contributed by atoms with Crippen molar-refractivity contribution in [3.05, 3.63) is 29.8 Å². The van der Waals surface area contributed by atoms with Gasteiger partial charge in [0.15, 0.2) is 6.61 Å². The van der Waals surface area contributed by atoms with E-state index in [0.717, 1.165) is 12.8 Å². The molecule has 1 aliphatic rings. The molecular formula is C21H30N2O4. The molecule has 1 aromatic carbocycles. The molecule has 0 aliphatic carbocycles. The summed E-state index contributed by atoms with van der Waals surface area (Å²) in [7, 11) is 0. The van der Waals surface area contributed by atoms with Crippen LogP contribution in [0.5, 0.6) is 0 Å². The van der Waals surface area contributed by atoms with E-state index in [2.05, 4.69) is 26.1 Å². The van der Waals surface area contributed by atoms with E-state index in [0.29, 0.717) is 24.2 Å². The number of hydrogen-bond donors (Lipinski definition) is 1. The number of hydrogen-bond acceptors (Lipinski definition) is 4. The van der Waals surface area contributed by atoms with Crippen molar-refractivity contribution >= 4 is 23.5 Å². The minimum Gasteiger partial charge on any atom is -0.452 e. The first-order chi connectivity index (χ1) is 12.5. The van der Waals surface area contributed by atoms with Crippen LogP contribution >= 0.6 is 0 Å². The first-order valence-electron chi connectivity index (χ1n) is 9.36. The zero-order valence-corrected chi connectivity index (χ0v) is 16.9. The third-order valence-corrected chi connectivity index (χ3v) is 4.27. The van der Waals surface area contributed by atoms with E-state index < -0.39 is 11.5 Å². The van der Waals surface area contributed by atoms with E-state index in [1.54, 1.807) is 29.2 Å². The summed E-state index contributed by atoms with van der Waals surface area (Å²) < 4.78 is 5.21. The summed E-state index contributed by atoms with van der Waals surface area (Å²) in [5.41, 5.74) is 0.504. The highest BCUT2D eigenvalue weighted by Crippen LogP contribution is 2.27. The Labute approximate surface area is 161 Å². The average Bonchev–Trinajstić information content (AvgIpc) is 2.95. The highest BCUT2D eigenvalue weighted by Gasteiger charge is 2.28. The Morgan fingerprint density at radius 3 is 2.41 bits per heavy atom. The van der Waals surface area contributed by atoms with E-state index >= 15 is 0 Å². The fraction of sp³-hybridized carbons (Fsp3) is 0.571. The van der Waals surface area contributed by atoms with Crippen molar-refractivity contribution < 1.29 is 19.1 Å². The highest BCUT2D eigenvalue weighted by atomic mass is 16.5. The Kier molecular flexibility index (Phi) is 6.29. The van der Waals surface area contributed by atoms with Crippen molar-refractivity contribution in [2.75, 3.05) is 18.1 Å². The molecule has 0 saturated carbocycles. The topological polar surface area (TPSA) is 75.7 Å². The number of benzene rings is 1. The van der Waals surface area contributed by atoms with Gasteiger partial charge in [-0.05, 0) is 44.2 Å². The quantitative estimate of drug-likeness (QED) is 0.775. The molecule has 0 bridgehead atoms. The number of carbonyl (C=O) groups excluding carboxylic acids is 3. The normalized spacial score (nSPS) is 15.0. The largest absolute Gasteiger partial charge is 0.452 e. The monoisotopic (exact) mass is 374 g/mol. The van der Waals surface area contributed by atoms with Gasteiger partial charge in [0.05, 0.1) is 11.3 Å². The van der Waals surface area contributed by atoms with Gasteiger partial charge < -0.3 is 15.0 Å². The number of carbonyl (C=O) groups is 3. The molecule has 0 aromatic heterocycles. The number of nitrogens with one attached hydrogen (secondary N) is 1. The lowest BCUT2D eigenvalue weighted by Gasteiger charge is -2.33. The molecule has 1 saturated heterocycles. The van der Waals surface area contributed by atoms with Crippen LogP contribution in [0.25, 0.3) is 0 Å². The van der Waals surface area contributed by atoms with Crippen LogP contribution < -0.4 is 10.2 Å². The van der Waals surface area contributed by atoms with Crippen LogP contribution in [0.1, 0.15) is 64.2 Å². The van der Waals surface area contributed by atoms with Crippen LogP contribution in [0, 0.1) is 5.41 Å². The maximum Gasteiger partial charge on any atom is 0.340 e. The van der Waals surface area contributed by atoms with Crippen molar-refractivity contribution in [1.29, 1.82) is 0 Å². The summed E-state index contributed by atoms with van der Waals surface area (Å²) in [5, 5.41) is 2.92. The lowest BCUT2D eigenvalue weighted by Crippen LogP contribution is -2.47. The van der Waals surface area contributed by atoms with E-state index in [-0.39, 0.29) is 23.8 Å². The lowest BCUT2D eigenvalue weighted by molar-refractivity contribution is -0.126. The Hall–Kier alpha value is -2.37. The third kappa shape index (κ3) is 6.08. The second kappa shape index (κ2) is 8.11. The molecule has 6 heteroatoms. The van der Waals surface area contributed by atoms with Crippen LogP contribution in [0.4, 0.5) is 5.69 Å². The van der Waals surface area contributed by atoms with Gasteiger partial charge in [-0.3, -0.25) is 9.59 Å². The van der Waals surface area contributed by atoms with Crippen molar-refractivity contribution in [3.63, 3.8) is 0 Å². The standard InChI is InChI=1S/C21H30N2O4/c1-20(2,3)14-21(4,5)22-17(24)13-27-19(26)15-9-6-7-10-16(15)23-12-8-11-18(23)25/h6-7,9-10H,8,11-14H2,1-5H3,(H,22,24). The van der Waals surface area contributed by atoms with Crippen LogP contribution in [0.3, 0.4) is 0 Å². The second-order valence-electron chi connectivity index (χ2n) is 8.91. The van der Waals surface area contributed by atoms with Crippen LogP contribution in [0.15, 0.2) is 24.3 Å². The number of para-hydroxylation sites is 1. The predicted octanol–water partition coefficient (Wildman–Crippen LogP) is 3.30. The average molecular weight is 374 g/mol. The van der Waals surface area contributed by atoms with Gasteiger partial charge in [0, 0.05) is 18.5 Å². The number of nitrogens with zero attached hydrogens (tertiary/aromatic N) is 1. The highest BCUT2D eigenvalue weighted by molar-refractivity contribution is 6.03. The Morgan fingerprint density at radius 1 is 1.15 bits per heavy atom. The van der Waals surface area contributed by atoms with E-state index in [9.17, 15) is 14.4 Å². The van der Waals surface area contributed by atoms with Gasteiger partial charge >= 0.3 is 5.97 Å². The summed E-state index contributed by atoms with van der Waals surface area (Å²) in [6.45, 7) is 10.5. The van der Waals surface area contributed by atoms with Gasteiger partial charge in [0.2, 0.25) is 5.91 Å². The lowest BCUT2D eigenvalue weighted by atomic mass is 9.82. The number of anilines is 1. The van der Waals surface area contributed by atoms with Gasteiger partial charge in [-0.15, -0.1) is 0 Å². The van der Waals surface area contributed by atoms with Gasteiger partial charge in [0.1, 0.15) is 0 Å². The number of rotatable bonds is 6. The van der Waals surface area contributed by atoms with Gasteiger partial charge in [-0.25, -0.2) is 4.79 Å². The summed E-state index contributed by atoms with van der Waals surface area (Å²) in [6.07, 6.45) is 2.04. The molecule has 27 heavy (non-hydrogen) atoms. The van der Waals surface area contributed by atoms with Crippen LogP contribution in [-0.4, -0.2) is 36.5 Å². The smallest absolute Gasteiger partial charge is 0.340 e. The summed E-state index contributed by atoms with van der Waals surface area (Å²) in [5.74, 6) is -0.946. The zero-order valence-electron chi connectivity index (χ0n) is 16.9. The Balaban J connectivity index is 1.98. The van der Waals surface area contributed by atoms with Gasteiger partial charge in [0.25, 0.3) is 5.91 Å². The maximum absolute atomic E-state index is 12.5. The van der Waals surface area contributed by atoms with E-state index in [1.807, 2.05) is 13.8 Å². The Morgan fingerprint density at radius 2 is 1.81 bits per heavy atom. The molecule has 0 unspecified atom stereocenters. The van der Waals surface area contributed by atoms with E-state index in [1.165, 1.54) is 0 Å². The summed E-state index contributed by atoms with van der Waals surface area (Å²) >= 11 is 0. The molecular weight excluding hydrogens is 344 g/mol. The third-order valence-electron chi connectivity index (χ3n) is 4.27. The molecule has 2 rings (SSSR count). The van der Waals surface area contributed by atoms with Gasteiger partial charge in [-0.2, -0.15) is 0 Å². The first kappa shape index (κ1) is 20.9. The predicted molar refractivity (Wildman–Crippen MR) is 105 cm³/mol. The Bertz CT molecular complexity index is 719. The molecule has 6 nitrogen and oxygen atoms in total. The zero-order chi connectivity index (χ0) is 20.2. The van der Waals surface area contributed by atoms with Crippen molar-refractivity contribution in [1.82, 2.24) is 5.32 Å².